The summed E-state index contributed by atoms with van der Waals surface area (Å²) in [5, 5.41) is 0. The molecule has 0 aromatic carbocycles. The zero-order chi connectivity index (χ0) is 10.1. The van der Waals surface area contributed by atoms with Gasteiger partial charge < -0.3 is 14.7 Å². The first-order chi connectivity index (χ1) is 4.73. The molecule has 0 heterocycles. The Hall–Kier alpha value is 0.562. The van der Waals surface area contributed by atoms with Crippen LogP contribution in [0, 0.1) is 0 Å². The van der Waals surface area contributed by atoms with Gasteiger partial charge in [-0.15, -0.1) is 0 Å². The molecular formula is CH6BF3LiO4P. The molecule has 0 atom stereocenters. The van der Waals surface area contributed by atoms with Gasteiger partial charge in [0.2, 0.25) is 0 Å². The summed E-state index contributed by atoms with van der Waals surface area (Å²) in [6, 6.07) is 0. The Balaban J connectivity index is -0.0000000965. The van der Waals surface area contributed by atoms with E-state index in [-0.39, 0.29) is 0 Å². The van der Waals surface area contributed by atoms with Gasteiger partial charge in [0, 0.05) is 0 Å². The first-order valence-electron chi connectivity index (χ1n) is 2.44. The SMILES string of the molecule is FB(F)F.O=P(O)(O)O.[Li][CH3]. The molecule has 4 nitrogen and oxygen atoms in total. The van der Waals surface area contributed by atoms with Crippen LogP contribution in [0.1, 0.15) is 0 Å². The van der Waals surface area contributed by atoms with Crippen molar-refractivity contribution in [2.24, 2.45) is 0 Å². The molecule has 10 heteroatoms. The Kier molecular flexibility index (Phi) is 16.9. The van der Waals surface area contributed by atoms with Gasteiger partial charge in [0.05, 0.1) is 0 Å². The minimum absolute atomic E-state index is 2.00. The van der Waals surface area contributed by atoms with E-state index in [4.69, 9.17) is 19.2 Å². The summed E-state index contributed by atoms with van der Waals surface area (Å²) < 4.78 is 37.9. The number of hydrogen-bond acceptors (Lipinski definition) is 1. The first kappa shape index (κ1) is 17.6. The Labute approximate surface area is 71.5 Å². The molecule has 0 rings (SSSR count). The topological polar surface area (TPSA) is 77.8 Å². The van der Waals surface area contributed by atoms with Crippen molar-refractivity contribution in [3.05, 3.63) is 0 Å². The van der Waals surface area contributed by atoms with Crippen LogP contribution in [0.3, 0.4) is 0 Å². The van der Waals surface area contributed by atoms with E-state index in [2.05, 4.69) is 0 Å². The van der Waals surface area contributed by atoms with E-state index in [1.807, 2.05) is 23.3 Å². The minimum atomic E-state index is -4.64. The molecular weight excluding hydrogens is 182 g/mol. The average molecular weight is 188 g/mol. The molecule has 0 spiro atoms. The molecule has 11 heavy (non-hydrogen) atoms. The van der Waals surface area contributed by atoms with Crippen LogP contribution < -0.4 is 0 Å². The molecule has 0 aliphatic rings. The molecule has 0 saturated heterocycles. The van der Waals surface area contributed by atoms with E-state index in [0.29, 0.717) is 0 Å². The summed E-state index contributed by atoms with van der Waals surface area (Å²) in [6.07, 6.45) is 0. The van der Waals surface area contributed by atoms with Crippen molar-refractivity contribution in [3.8, 4) is 0 Å². The predicted octanol–water partition coefficient (Wildman–Crippen LogP) is 0.154. The Morgan fingerprint density at radius 1 is 1.18 bits per heavy atom. The number of halogens is 3. The molecule has 0 saturated carbocycles. The van der Waals surface area contributed by atoms with Crippen LogP contribution in [0.25, 0.3) is 0 Å². The van der Waals surface area contributed by atoms with Crippen molar-refractivity contribution >= 4 is 33.1 Å². The van der Waals surface area contributed by atoms with Gasteiger partial charge in [-0.25, -0.2) is 4.57 Å². The van der Waals surface area contributed by atoms with Gasteiger partial charge >= 0.3 is 38.7 Å². The summed E-state index contributed by atoms with van der Waals surface area (Å²) >= 11 is 2.00. The third-order valence-electron chi connectivity index (χ3n) is 0. The van der Waals surface area contributed by atoms with E-state index in [1.54, 1.807) is 0 Å². The Morgan fingerprint density at radius 3 is 1.18 bits per heavy atom. The molecule has 0 aliphatic heterocycles. The summed E-state index contributed by atoms with van der Waals surface area (Å²) in [7, 11) is -8.31. The van der Waals surface area contributed by atoms with Crippen molar-refractivity contribution in [1.29, 1.82) is 0 Å². The first-order valence-corrected chi connectivity index (χ1v) is 4.00. The maximum atomic E-state index is 9.67. The molecule has 0 aromatic rings. The summed E-state index contributed by atoms with van der Waals surface area (Å²) in [4.78, 5) is 21.6. The van der Waals surface area contributed by atoms with Crippen LogP contribution >= 0.6 is 7.82 Å². The van der Waals surface area contributed by atoms with E-state index in [1.165, 1.54) is 0 Å². The van der Waals surface area contributed by atoms with Gasteiger partial charge in [-0.3, -0.25) is 12.9 Å². The normalized spacial score (nSPS) is 8.45. The molecule has 0 aromatic heterocycles. The fourth-order valence-corrected chi connectivity index (χ4v) is 0. The van der Waals surface area contributed by atoms with Gasteiger partial charge in [-0.1, -0.05) is 0 Å². The van der Waals surface area contributed by atoms with Gasteiger partial charge in [-0.2, -0.15) is 0 Å². The second kappa shape index (κ2) is 10.6. The van der Waals surface area contributed by atoms with Crippen LogP contribution in [-0.4, -0.2) is 39.9 Å². The van der Waals surface area contributed by atoms with Crippen LogP contribution in [-0.2, 0) is 4.57 Å². The Morgan fingerprint density at radius 2 is 1.18 bits per heavy atom. The van der Waals surface area contributed by atoms with Crippen LogP contribution in [0.4, 0.5) is 12.9 Å². The summed E-state index contributed by atoms with van der Waals surface area (Å²) in [5.74, 6) is 0. The molecule has 64 valence electrons. The van der Waals surface area contributed by atoms with E-state index >= 15 is 0 Å². The molecule has 0 unspecified atom stereocenters. The van der Waals surface area contributed by atoms with E-state index < -0.39 is 15.4 Å². The maximum absolute atomic E-state index is 9.67. The van der Waals surface area contributed by atoms with Crippen LogP contribution in [0.15, 0.2) is 0 Å². The summed E-state index contributed by atoms with van der Waals surface area (Å²) in [5.41, 5.74) is 2.00. The molecule has 0 fully saturated rings. The van der Waals surface area contributed by atoms with Crippen LogP contribution in [0.2, 0.25) is 5.60 Å². The van der Waals surface area contributed by atoms with Crippen molar-refractivity contribution in [2.45, 2.75) is 5.60 Å². The van der Waals surface area contributed by atoms with Gasteiger partial charge in [0.1, 0.15) is 0 Å². The number of phosphoric acid groups is 1. The van der Waals surface area contributed by atoms with E-state index in [9.17, 15) is 12.9 Å². The zero-order valence-corrected chi connectivity index (χ0v) is 6.80. The van der Waals surface area contributed by atoms with Crippen LogP contribution in [0.5, 0.6) is 0 Å². The van der Waals surface area contributed by atoms with Gasteiger partial charge in [0.15, 0.2) is 0 Å². The van der Waals surface area contributed by atoms with Crippen molar-refractivity contribution in [3.63, 3.8) is 0 Å². The number of rotatable bonds is 0. The fourth-order valence-electron chi connectivity index (χ4n) is 0. The molecule has 0 aliphatic carbocycles. The van der Waals surface area contributed by atoms with Gasteiger partial charge in [-0.05, 0) is 0 Å². The quantitative estimate of drug-likeness (QED) is 0.373. The zero-order valence-electron chi connectivity index (χ0n) is 5.91. The molecule has 0 radical (unpaired) electrons. The second-order valence-corrected chi connectivity index (χ2v) is 1.79. The van der Waals surface area contributed by atoms with E-state index in [0.717, 1.165) is 0 Å². The standard InChI is InChI=1S/CH3.BF3.Li.H3O4P/c;2-1(3)4;;1-5(2,3)4/h1H3;;;(H3,1,2,3,4). The number of hydrogen-bond donors (Lipinski definition) is 3. The predicted molar refractivity (Wildman–Crippen MR) is 35.0 cm³/mol. The van der Waals surface area contributed by atoms with Crippen molar-refractivity contribution < 1.29 is 32.2 Å². The molecule has 0 amide bonds. The Bertz CT molecular complexity index is 96.5. The molecule has 0 bridgehead atoms. The van der Waals surface area contributed by atoms with Crippen molar-refractivity contribution in [1.82, 2.24) is 0 Å². The third-order valence-corrected chi connectivity index (χ3v) is 0. The fraction of sp³-hybridized carbons (Fsp3) is 1.00. The third kappa shape index (κ3) is 2450. The van der Waals surface area contributed by atoms with Crippen molar-refractivity contribution in [2.75, 3.05) is 0 Å². The monoisotopic (exact) mass is 188 g/mol. The molecule has 3 N–H and O–H groups in total. The summed E-state index contributed by atoms with van der Waals surface area (Å²) in [6.45, 7) is 0. The second-order valence-electron chi connectivity index (χ2n) is 0.761. The average Bonchev–Trinajstić information content (AvgIpc) is 1.63. The van der Waals surface area contributed by atoms with Gasteiger partial charge in [0.25, 0.3) is 0 Å².